The molecule has 5 nitrogen and oxygen atoms in total. The van der Waals surface area contributed by atoms with Gasteiger partial charge in [-0.05, 0) is 46.3 Å². The molecule has 0 radical (unpaired) electrons. The zero-order valence-electron chi connectivity index (χ0n) is 12.4. The molecule has 3 amide bonds. The molecule has 0 aliphatic carbocycles. The molecule has 7 heteroatoms. The summed E-state index contributed by atoms with van der Waals surface area (Å²) in [5.74, 6) is -1.59. The summed E-state index contributed by atoms with van der Waals surface area (Å²) in [5.41, 5.74) is 1.12. The Kier molecular flexibility index (Phi) is 4.44. The summed E-state index contributed by atoms with van der Waals surface area (Å²) >= 11 is 3.16. The average Bonchev–Trinajstić information content (AvgIpc) is 2.80. The van der Waals surface area contributed by atoms with Gasteiger partial charge in [-0.2, -0.15) is 0 Å². The lowest BCUT2D eigenvalue weighted by molar-refractivity contribution is -0.116. The molecule has 122 valence electrons. The van der Waals surface area contributed by atoms with Crippen molar-refractivity contribution in [3.8, 4) is 0 Å². The Labute approximate surface area is 145 Å². The smallest absolute Gasteiger partial charge is 0.261 e. The van der Waals surface area contributed by atoms with Crippen molar-refractivity contribution >= 4 is 39.3 Å². The Hall–Kier alpha value is -2.54. The molecule has 0 atom stereocenters. The highest BCUT2D eigenvalue weighted by atomic mass is 79.9. The van der Waals surface area contributed by atoms with Gasteiger partial charge >= 0.3 is 0 Å². The molecule has 0 saturated carbocycles. The zero-order valence-corrected chi connectivity index (χ0v) is 14.0. The highest BCUT2D eigenvalue weighted by Gasteiger charge is 2.34. The van der Waals surface area contributed by atoms with Gasteiger partial charge in [0.2, 0.25) is 5.91 Å². The van der Waals surface area contributed by atoms with Crippen molar-refractivity contribution in [2.24, 2.45) is 0 Å². The Balaban J connectivity index is 1.63. The van der Waals surface area contributed by atoms with E-state index < -0.39 is 17.6 Å². The molecule has 0 fully saturated rings. The molecule has 1 aliphatic rings. The van der Waals surface area contributed by atoms with Gasteiger partial charge in [0.15, 0.2) is 0 Å². The van der Waals surface area contributed by atoms with Gasteiger partial charge in [0, 0.05) is 17.4 Å². The van der Waals surface area contributed by atoms with E-state index in [9.17, 15) is 18.8 Å². The van der Waals surface area contributed by atoms with Crippen LogP contribution in [0.5, 0.6) is 0 Å². The van der Waals surface area contributed by atoms with E-state index in [4.69, 9.17) is 0 Å². The van der Waals surface area contributed by atoms with E-state index in [-0.39, 0.29) is 18.9 Å². The lowest BCUT2D eigenvalue weighted by Gasteiger charge is -2.14. The molecule has 2 aromatic rings. The van der Waals surface area contributed by atoms with Gasteiger partial charge in [-0.3, -0.25) is 19.3 Å². The number of nitrogens with one attached hydrogen (secondary N) is 1. The number of nitrogens with zero attached hydrogens (tertiary/aromatic N) is 1. The van der Waals surface area contributed by atoms with Gasteiger partial charge < -0.3 is 5.32 Å². The number of hydrogen-bond acceptors (Lipinski definition) is 3. The van der Waals surface area contributed by atoms with Gasteiger partial charge in [-0.25, -0.2) is 4.39 Å². The topological polar surface area (TPSA) is 66.5 Å². The maximum atomic E-state index is 13.0. The van der Waals surface area contributed by atoms with E-state index in [1.165, 1.54) is 18.2 Å². The largest absolute Gasteiger partial charge is 0.325 e. The van der Waals surface area contributed by atoms with Crippen LogP contribution < -0.4 is 5.32 Å². The van der Waals surface area contributed by atoms with E-state index in [0.29, 0.717) is 21.3 Å². The molecular formula is C17H12BrFN2O3. The summed E-state index contributed by atoms with van der Waals surface area (Å²) in [6.45, 7) is -0.0169. The minimum absolute atomic E-state index is 0.0169. The number of carbonyl (C=O) groups excluding carboxylic acids is 3. The normalized spacial score (nSPS) is 13.2. The number of carbonyl (C=O) groups is 3. The number of hydrogen-bond donors (Lipinski definition) is 1. The first-order valence-corrected chi connectivity index (χ1v) is 7.97. The minimum Gasteiger partial charge on any atom is -0.325 e. The highest BCUT2D eigenvalue weighted by Crippen LogP contribution is 2.24. The first-order valence-electron chi connectivity index (χ1n) is 7.17. The SMILES string of the molecule is O=C(CCN1C(=O)c2ccccc2C1=O)Nc1ccc(F)cc1Br. The Morgan fingerprint density at radius 2 is 1.71 bits per heavy atom. The van der Waals surface area contributed by atoms with Gasteiger partial charge in [0.05, 0.1) is 16.8 Å². The number of rotatable bonds is 4. The second-order valence-corrected chi connectivity index (χ2v) is 6.08. The predicted molar refractivity (Wildman–Crippen MR) is 89.2 cm³/mol. The second-order valence-electron chi connectivity index (χ2n) is 5.23. The van der Waals surface area contributed by atoms with E-state index >= 15 is 0 Å². The van der Waals surface area contributed by atoms with Crippen LogP contribution in [0.3, 0.4) is 0 Å². The number of benzene rings is 2. The number of amides is 3. The van der Waals surface area contributed by atoms with Crippen molar-refractivity contribution in [1.82, 2.24) is 4.90 Å². The number of halogens is 2. The fourth-order valence-corrected chi connectivity index (χ4v) is 2.91. The molecule has 1 N–H and O–H groups in total. The fraction of sp³-hybridized carbons (Fsp3) is 0.118. The van der Waals surface area contributed by atoms with Crippen molar-refractivity contribution in [3.05, 3.63) is 63.9 Å². The first kappa shape index (κ1) is 16.3. The first-order chi connectivity index (χ1) is 11.5. The number of imide groups is 1. The summed E-state index contributed by atoms with van der Waals surface area (Å²) in [4.78, 5) is 37.5. The Bertz CT molecular complexity index is 818. The van der Waals surface area contributed by atoms with Crippen LogP contribution >= 0.6 is 15.9 Å². The summed E-state index contributed by atoms with van der Waals surface area (Å²) in [5, 5.41) is 2.61. The molecule has 0 saturated heterocycles. The van der Waals surface area contributed by atoms with E-state index in [1.54, 1.807) is 24.3 Å². The van der Waals surface area contributed by atoms with E-state index in [0.717, 1.165) is 4.90 Å². The average molecular weight is 391 g/mol. The van der Waals surface area contributed by atoms with Crippen LogP contribution in [0.1, 0.15) is 27.1 Å². The van der Waals surface area contributed by atoms with Crippen LogP contribution in [0.2, 0.25) is 0 Å². The molecule has 0 unspecified atom stereocenters. The second kappa shape index (κ2) is 6.52. The van der Waals surface area contributed by atoms with Crippen molar-refractivity contribution in [1.29, 1.82) is 0 Å². The molecule has 2 aromatic carbocycles. The minimum atomic E-state index is -0.425. The Morgan fingerprint density at radius 1 is 1.08 bits per heavy atom. The lowest BCUT2D eigenvalue weighted by Crippen LogP contribution is -2.32. The summed E-state index contributed by atoms with van der Waals surface area (Å²) in [6, 6.07) is 10.4. The maximum Gasteiger partial charge on any atom is 0.261 e. The van der Waals surface area contributed by atoms with Crippen LogP contribution in [0.15, 0.2) is 46.9 Å². The fourth-order valence-electron chi connectivity index (χ4n) is 2.46. The van der Waals surface area contributed by atoms with Crippen LogP contribution in [0.25, 0.3) is 0 Å². The third-order valence-corrected chi connectivity index (χ3v) is 4.30. The van der Waals surface area contributed by atoms with Gasteiger partial charge in [0.25, 0.3) is 11.8 Å². The van der Waals surface area contributed by atoms with E-state index in [1.807, 2.05) is 0 Å². The van der Waals surface area contributed by atoms with Gasteiger partial charge in [0.1, 0.15) is 5.82 Å². The van der Waals surface area contributed by atoms with Crippen LogP contribution in [-0.2, 0) is 4.79 Å². The maximum absolute atomic E-state index is 13.0. The van der Waals surface area contributed by atoms with Crippen LogP contribution in [0, 0.1) is 5.82 Å². The molecule has 0 spiro atoms. The lowest BCUT2D eigenvalue weighted by atomic mass is 10.1. The van der Waals surface area contributed by atoms with Crippen LogP contribution in [0.4, 0.5) is 10.1 Å². The van der Waals surface area contributed by atoms with Crippen molar-refractivity contribution in [2.75, 3.05) is 11.9 Å². The third-order valence-electron chi connectivity index (χ3n) is 3.65. The summed E-state index contributed by atoms with van der Waals surface area (Å²) < 4.78 is 13.4. The summed E-state index contributed by atoms with van der Waals surface area (Å²) in [6.07, 6.45) is -0.0463. The third kappa shape index (κ3) is 3.07. The zero-order chi connectivity index (χ0) is 17.3. The van der Waals surface area contributed by atoms with Gasteiger partial charge in [-0.15, -0.1) is 0 Å². The number of anilines is 1. The van der Waals surface area contributed by atoms with Crippen LogP contribution in [-0.4, -0.2) is 29.2 Å². The summed E-state index contributed by atoms with van der Waals surface area (Å²) in [7, 11) is 0. The quantitative estimate of drug-likeness (QED) is 0.815. The van der Waals surface area contributed by atoms with Gasteiger partial charge in [-0.1, -0.05) is 12.1 Å². The molecule has 1 aliphatic heterocycles. The molecule has 0 aromatic heterocycles. The standard InChI is InChI=1S/C17H12BrFN2O3/c18-13-9-10(19)5-6-14(13)20-15(22)7-8-21-16(23)11-3-1-2-4-12(11)17(21)24/h1-6,9H,7-8H2,(H,20,22). The molecule has 3 rings (SSSR count). The van der Waals surface area contributed by atoms with Crippen molar-refractivity contribution < 1.29 is 18.8 Å². The Morgan fingerprint density at radius 3 is 2.29 bits per heavy atom. The van der Waals surface area contributed by atoms with Crippen molar-refractivity contribution in [2.45, 2.75) is 6.42 Å². The molecular weight excluding hydrogens is 379 g/mol. The molecule has 24 heavy (non-hydrogen) atoms. The number of fused-ring (bicyclic) bond motifs is 1. The monoisotopic (exact) mass is 390 g/mol. The molecule has 0 bridgehead atoms. The van der Waals surface area contributed by atoms with Crippen molar-refractivity contribution in [3.63, 3.8) is 0 Å². The molecule has 1 heterocycles. The van der Waals surface area contributed by atoms with E-state index in [2.05, 4.69) is 21.2 Å². The highest BCUT2D eigenvalue weighted by molar-refractivity contribution is 9.10. The predicted octanol–water partition coefficient (Wildman–Crippen LogP) is 3.21.